The minimum absolute atomic E-state index is 0.0874. The Bertz CT molecular complexity index is 1840. The zero-order chi connectivity index (χ0) is 39.6. The van der Waals surface area contributed by atoms with Crippen LogP contribution in [0.25, 0.3) is 0 Å². The summed E-state index contributed by atoms with van der Waals surface area (Å²) in [5, 5.41) is 26.4. The number of aryl methyl sites for hydroxylation is 2. The summed E-state index contributed by atoms with van der Waals surface area (Å²) < 4.78 is 15.8. The monoisotopic (exact) mass is 760 g/mol. The molecule has 0 amide bonds. The van der Waals surface area contributed by atoms with E-state index in [1.165, 1.54) is 18.4 Å². The van der Waals surface area contributed by atoms with Crippen molar-refractivity contribution in [2.45, 2.75) is 104 Å². The van der Waals surface area contributed by atoms with Crippen LogP contribution < -0.4 is 4.74 Å². The fourth-order valence-corrected chi connectivity index (χ4v) is 5.77. The topological polar surface area (TPSA) is 136 Å². The lowest BCUT2D eigenvalue weighted by Crippen LogP contribution is -2.03. The van der Waals surface area contributed by atoms with Gasteiger partial charge >= 0.3 is 11.9 Å². The van der Waals surface area contributed by atoms with E-state index in [0.29, 0.717) is 44.0 Å². The zero-order valence-corrected chi connectivity index (χ0v) is 33.2. The molecule has 4 rings (SSSR count). The second-order valence-electron chi connectivity index (χ2n) is 13.5. The van der Waals surface area contributed by atoms with Crippen LogP contribution in [-0.2, 0) is 25.5 Å². The lowest BCUT2D eigenvalue weighted by Gasteiger charge is -2.06. The minimum atomic E-state index is -0.115. The van der Waals surface area contributed by atoms with Gasteiger partial charge in [-0.25, -0.2) is 0 Å². The number of hydrogen-bond donors (Lipinski definition) is 0. The molecule has 296 valence electrons. The SMILES string of the molecule is CCOC(=O)CCCCCCCCCOc1ccc(N=Nc2ccc(N=Nc3ccc(N=Nc4ccc(CCCCCC(=O)OCC)cc4)cc3C)cc2)cc1. The van der Waals surface area contributed by atoms with Crippen LogP contribution >= 0.6 is 0 Å². The maximum atomic E-state index is 11.5. The molecule has 4 aromatic carbocycles. The summed E-state index contributed by atoms with van der Waals surface area (Å²) in [7, 11) is 0. The lowest BCUT2D eigenvalue weighted by molar-refractivity contribution is -0.144. The molecule has 0 fully saturated rings. The van der Waals surface area contributed by atoms with Gasteiger partial charge in [0.1, 0.15) is 5.75 Å². The number of hydrogen-bond acceptors (Lipinski definition) is 11. The number of benzene rings is 4. The standard InChI is InChI=1S/C45H56N6O5/c1-4-54-44(52)17-13-9-7-6-8-10-15-33-56-42-30-27-40(28-31-42)47-46-38-23-25-39(26-24-38)49-51-43-32-29-41(34-35(43)3)50-48-37-21-19-36(20-22-37)16-12-11-14-18-45(53)55-5-2/h19-32,34H,4-18,33H2,1-3H3. The predicted octanol–water partition coefficient (Wildman–Crippen LogP) is 14.0. The maximum absolute atomic E-state index is 11.5. The minimum Gasteiger partial charge on any atom is -0.494 e. The van der Waals surface area contributed by atoms with Crippen molar-refractivity contribution in [2.75, 3.05) is 19.8 Å². The van der Waals surface area contributed by atoms with Gasteiger partial charge in [0.15, 0.2) is 0 Å². The molecule has 4 aromatic rings. The van der Waals surface area contributed by atoms with Crippen molar-refractivity contribution >= 4 is 46.1 Å². The van der Waals surface area contributed by atoms with Crippen LogP contribution in [0, 0.1) is 6.92 Å². The van der Waals surface area contributed by atoms with E-state index in [4.69, 9.17) is 14.2 Å². The molecule has 0 radical (unpaired) electrons. The molecule has 56 heavy (non-hydrogen) atoms. The fraction of sp³-hybridized carbons (Fsp3) is 0.422. The highest BCUT2D eigenvalue weighted by Gasteiger charge is 2.04. The third-order valence-electron chi connectivity index (χ3n) is 8.89. The smallest absolute Gasteiger partial charge is 0.305 e. The van der Waals surface area contributed by atoms with E-state index >= 15 is 0 Å². The van der Waals surface area contributed by atoms with Crippen LogP contribution in [0.5, 0.6) is 5.75 Å². The van der Waals surface area contributed by atoms with Gasteiger partial charge in [-0.2, -0.15) is 30.7 Å². The Hall–Kier alpha value is -5.58. The van der Waals surface area contributed by atoms with Gasteiger partial charge in [0.2, 0.25) is 0 Å². The number of rotatable bonds is 25. The van der Waals surface area contributed by atoms with Gasteiger partial charge < -0.3 is 14.2 Å². The highest BCUT2D eigenvalue weighted by molar-refractivity contribution is 5.69. The zero-order valence-electron chi connectivity index (χ0n) is 33.2. The molecule has 11 nitrogen and oxygen atoms in total. The molecule has 0 saturated carbocycles. The number of unbranched alkanes of at least 4 members (excludes halogenated alkanes) is 8. The van der Waals surface area contributed by atoms with Gasteiger partial charge in [-0.05, 0) is 143 Å². The van der Waals surface area contributed by atoms with E-state index in [9.17, 15) is 9.59 Å². The molecular weight excluding hydrogens is 705 g/mol. The molecule has 0 unspecified atom stereocenters. The summed E-state index contributed by atoms with van der Waals surface area (Å²) in [6.45, 7) is 7.22. The molecule has 0 aliphatic heterocycles. The van der Waals surface area contributed by atoms with E-state index in [1.54, 1.807) is 0 Å². The summed E-state index contributed by atoms with van der Waals surface area (Å²) >= 11 is 0. The Morgan fingerprint density at radius 3 is 1.45 bits per heavy atom. The van der Waals surface area contributed by atoms with E-state index in [-0.39, 0.29) is 11.9 Å². The third kappa shape index (κ3) is 17.3. The first-order valence-electron chi connectivity index (χ1n) is 20.0. The second-order valence-corrected chi connectivity index (χ2v) is 13.5. The van der Waals surface area contributed by atoms with Crippen molar-refractivity contribution in [2.24, 2.45) is 30.7 Å². The Balaban J connectivity index is 1.13. The van der Waals surface area contributed by atoms with Crippen molar-refractivity contribution in [3.63, 3.8) is 0 Å². The van der Waals surface area contributed by atoms with Gasteiger partial charge in [0.25, 0.3) is 0 Å². The quantitative estimate of drug-likeness (QED) is 0.0376. The van der Waals surface area contributed by atoms with Crippen molar-refractivity contribution in [3.8, 4) is 5.75 Å². The summed E-state index contributed by atoms with van der Waals surface area (Å²) in [6, 6.07) is 28.9. The molecule has 0 bridgehead atoms. The first-order chi connectivity index (χ1) is 27.4. The van der Waals surface area contributed by atoms with E-state index in [2.05, 4.69) is 42.8 Å². The highest BCUT2D eigenvalue weighted by atomic mass is 16.5. The first-order valence-corrected chi connectivity index (χ1v) is 20.0. The Morgan fingerprint density at radius 2 is 0.911 bits per heavy atom. The summed E-state index contributed by atoms with van der Waals surface area (Å²) in [4.78, 5) is 22.8. The van der Waals surface area contributed by atoms with E-state index in [1.807, 2.05) is 99.6 Å². The predicted molar refractivity (Wildman–Crippen MR) is 221 cm³/mol. The van der Waals surface area contributed by atoms with Crippen LogP contribution in [0.2, 0.25) is 0 Å². The number of nitrogens with zero attached hydrogens (tertiary/aromatic N) is 6. The molecule has 0 saturated heterocycles. The molecule has 0 aliphatic rings. The van der Waals surface area contributed by atoms with Gasteiger partial charge in [-0.3, -0.25) is 9.59 Å². The molecule has 0 aliphatic carbocycles. The second kappa shape index (κ2) is 25.5. The Morgan fingerprint density at radius 1 is 0.482 bits per heavy atom. The average Bonchev–Trinajstić information content (AvgIpc) is 3.21. The fourth-order valence-electron chi connectivity index (χ4n) is 5.77. The largest absolute Gasteiger partial charge is 0.494 e. The van der Waals surface area contributed by atoms with Crippen LogP contribution in [0.15, 0.2) is 122 Å². The molecule has 0 spiro atoms. The average molecular weight is 761 g/mol. The van der Waals surface area contributed by atoms with Gasteiger partial charge in [-0.15, -0.1) is 0 Å². The van der Waals surface area contributed by atoms with Gasteiger partial charge in [0, 0.05) is 12.8 Å². The molecular formula is C45H56N6O5. The van der Waals surface area contributed by atoms with E-state index in [0.717, 1.165) is 91.8 Å². The van der Waals surface area contributed by atoms with Crippen molar-refractivity contribution in [3.05, 3.63) is 102 Å². The normalized spacial score (nSPS) is 11.5. The number of carbonyl (C=O) groups excluding carboxylic acids is 2. The number of azo groups is 3. The van der Waals surface area contributed by atoms with Crippen molar-refractivity contribution in [1.82, 2.24) is 0 Å². The summed E-state index contributed by atoms with van der Waals surface area (Å²) in [5.41, 5.74) is 6.63. The lowest BCUT2D eigenvalue weighted by atomic mass is 10.1. The van der Waals surface area contributed by atoms with Gasteiger partial charge in [0.05, 0.1) is 53.9 Å². The van der Waals surface area contributed by atoms with Crippen molar-refractivity contribution < 1.29 is 23.8 Å². The Kier molecular flexibility index (Phi) is 19.6. The highest BCUT2D eigenvalue weighted by Crippen LogP contribution is 2.29. The molecule has 0 heterocycles. The van der Waals surface area contributed by atoms with Crippen LogP contribution in [0.4, 0.5) is 34.1 Å². The Labute approximate surface area is 331 Å². The molecule has 0 N–H and O–H groups in total. The van der Waals surface area contributed by atoms with E-state index < -0.39 is 0 Å². The molecule has 0 atom stereocenters. The van der Waals surface area contributed by atoms with Crippen LogP contribution in [-0.4, -0.2) is 31.8 Å². The number of esters is 2. The third-order valence-corrected chi connectivity index (χ3v) is 8.89. The summed E-state index contributed by atoms with van der Waals surface area (Å²) in [6.07, 6.45) is 12.5. The molecule has 0 aromatic heterocycles. The number of ether oxygens (including phenoxy) is 3. The summed E-state index contributed by atoms with van der Waals surface area (Å²) in [5.74, 6) is 0.619. The van der Waals surface area contributed by atoms with Crippen LogP contribution in [0.3, 0.4) is 0 Å². The van der Waals surface area contributed by atoms with Crippen molar-refractivity contribution in [1.29, 1.82) is 0 Å². The maximum Gasteiger partial charge on any atom is 0.305 e. The molecule has 11 heteroatoms. The number of carbonyl (C=O) groups is 2. The van der Waals surface area contributed by atoms with Gasteiger partial charge in [-0.1, -0.05) is 50.7 Å². The first kappa shape index (κ1) is 43.2. The van der Waals surface area contributed by atoms with Crippen LogP contribution in [0.1, 0.15) is 102 Å².